The first-order valence-electron chi connectivity index (χ1n) is 5.57. The summed E-state index contributed by atoms with van der Waals surface area (Å²) in [6.45, 7) is 2.34. The first kappa shape index (κ1) is 10.8. The van der Waals surface area contributed by atoms with Crippen LogP contribution in [-0.4, -0.2) is 39.2 Å². The predicted octanol–water partition coefficient (Wildman–Crippen LogP) is 1.38. The van der Waals surface area contributed by atoms with Gasteiger partial charge in [-0.3, -0.25) is 9.88 Å². The van der Waals surface area contributed by atoms with Crippen LogP contribution in [0.3, 0.4) is 0 Å². The minimum Gasteiger partial charge on any atom is -0.390 e. The quantitative estimate of drug-likeness (QED) is 0.890. The van der Waals surface area contributed by atoms with Gasteiger partial charge in [0, 0.05) is 31.2 Å². The SMILES string of the molecule is OC1CN(Cc2csc(-c3ccccn3)n2)C1. The molecule has 2 aromatic heterocycles. The summed E-state index contributed by atoms with van der Waals surface area (Å²) in [6, 6.07) is 5.84. The van der Waals surface area contributed by atoms with Gasteiger partial charge in [0.25, 0.3) is 0 Å². The van der Waals surface area contributed by atoms with Crippen LogP contribution in [0.4, 0.5) is 0 Å². The van der Waals surface area contributed by atoms with E-state index in [1.807, 2.05) is 18.2 Å². The normalized spacial score (nSPS) is 17.0. The summed E-state index contributed by atoms with van der Waals surface area (Å²) in [7, 11) is 0. The van der Waals surface area contributed by atoms with Gasteiger partial charge in [-0.15, -0.1) is 11.3 Å². The molecular weight excluding hydrogens is 234 g/mol. The number of thiazole rings is 1. The zero-order chi connectivity index (χ0) is 11.7. The average Bonchev–Trinajstić information content (AvgIpc) is 2.77. The zero-order valence-electron chi connectivity index (χ0n) is 9.28. The Morgan fingerprint density at radius 3 is 3.00 bits per heavy atom. The molecule has 1 fully saturated rings. The molecule has 1 N–H and O–H groups in total. The fourth-order valence-electron chi connectivity index (χ4n) is 1.89. The van der Waals surface area contributed by atoms with E-state index in [0.717, 1.165) is 36.0 Å². The molecule has 4 nitrogen and oxygen atoms in total. The number of rotatable bonds is 3. The van der Waals surface area contributed by atoms with Gasteiger partial charge in [0.1, 0.15) is 5.01 Å². The van der Waals surface area contributed by atoms with Crippen LogP contribution in [-0.2, 0) is 6.54 Å². The summed E-state index contributed by atoms with van der Waals surface area (Å²) in [5, 5.41) is 12.2. The van der Waals surface area contributed by atoms with E-state index in [0.29, 0.717) is 0 Å². The molecule has 0 amide bonds. The Bertz CT molecular complexity index is 493. The molecule has 0 aromatic carbocycles. The van der Waals surface area contributed by atoms with Crippen molar-refractivity contribution in [2.75, 3.05) is 13.1 Å². The standard InChI is InChI=1S/C12H13N3OS/c16-10-6-15(7-10)5-9-8-17-12(14-9)11-3-1-2-4-13-11/h1-4,8,10,16H,5-7H2. The first-order valence-corrected chi connectivity index (χ1v) is 6.45. The Hall–Kier alpha value is -1.30. The van der Waals surface area contributed by atoms with Crippen molar-refractivity contribution in [2.45, 2.75) is 12.6 Å². The molecule has 2 aromatic rings. The lowest BCUT2D eigenvalue weighted by molar-refractivity contribution is -0.00343. The molecule has 0 radical (unpaired) electrons. The number of hydrogen-bond acceptors (Lipinski definition) is 5. The number of aliphatic hydroxyl groups is 1. The summed E-state index contributed by atoms with van der Waals surface area (Å²) in [5.41, 5.74) is 1.98. The first-order chi connectivity index (χ1) is 8.31. The highest BCUT2D eigenvalue weighted by atomic mass is 32.1. The van der Waals surface area contributed by atoms with Gasteiger partial charge in [0.2, 0.25) is 0 Å². The molecule has 0 atom stereocenters. The van der Waals surface area contributed by atoms with Gasteiger partial charge >= 0.3 is 0 Å². The number of hydrogen-bond donors (Lipinski definition) is 1. The molecule has 3 rings (SSSR count). The smallest absolute Gasteiger partial charge is 0.142 e. The van der Waals surface area contributed by atoms with Gasteiger partial charge in [-0.05, 0) is 12.1 Å². The van der Waals surface area contributed by atoms with Crippen molar-refractivity contribution in [1.29, 1.82) is 0 Å². The maximum Gasteiger partial charge on any atom is 0.142 e. The Kier molecular flexibility index (Phi) is 2.88. The lowest BCUT2D eigenvalue weighted by atomic mass is 10.1. The van der Waals surface area contributed by atoms with E-state index in [1.54, 1.807) is 17.5 Å². The Morgan fingerprint density at radius 1 is 1.41 bits per heavy atom. The monoisotopic (exact) mass is 247 g/mol. The van der Waals surface area contributed by atoms with Crippen LogP contribution < -0.4 is 0 Å². The van der Waals surface area contributed by atoms with Crippen LogP contribution in [0.1, 0.15) is 5.69 Å². The van der Waals surface area contributed by atoms with E-state index in [4.69, 9.17) is 0 Å². The number of nitrogens with zero attached hydrogens (tertiary/aromatic N) is 3. The molecule has 0 saturated carbocycles. The largest absolute Gasteiger partial charge is 0.390 e. The molecule has 0 spiro atoms. The predicted molar refractivity (Wildman–Crippen MR) is 66.6 cm³/mol. The third-order valence-corrected chi connectivity index (χ3v) is 3.67. The van der Waals surface area contributed by atoms with Crippen molar-refractivity contribution in [3.05, 3.63) is 35.5 Å². The summed E-state index contributed by atoms with van der Waals surface area (Å²) in [5.74, 6) is 0. The van der Waals surface area contributed by atoms with Crippen molar-refractivity contribution in [3.8, 4) is 10.7 Å². The number of β-amino-alcohol motifs (C(OH)–C–C–N with tert-alkyl or cyclic N) is 1. The molecule has 5 heteroatoms. The van der Waals surface area contributed by atoms with Crippen molar-refractivity contribution < 1.29 is 5.11 Å². The zero-order valence-corrected chi connectivity index (χ0v) is 10.1. The molecule has 17 heavy (non-hydrogen) atoms. The maximum atomic E-state index is 9.21. The van der Waals surface area contributed by atoms with Gasteiger partial charge in [-0.1, -0.05) is 6.07 Å². The maximum absolute atomic E-state index is 9.21. The fraction of sp³-hybridized carbons (Fsp3) is 0.333. The van der Waals surface area contributed by atoms with Crippen LogP contribution in [0, 0.1) is 0 Å². The Morgan fingerprint density at radius 2 is 2.29 bits per heavy atom. The second-order valence-corrected chi connectivity index (χ2v) is 5.06. The number of aromatic nitrogens is 2. The van der Waals surface area contributed by atoms with Crippen LogP contribution in [0.5, 0.6) is 0 Å². The topological polar surface area (TPSA) is 49.2 Å². The molecule has 88 valence electrons. The Labute approximate surface area is 104 Å². The number of likely N-dealkylation sites (tertiary alicyclic amines) is 1. The third kappa shape index (κ3) is 2.36. The lowest BCUT2D eigenvalue weighted by Gasteiger charge is -2.35. The summed E-state index contributed by atoms with van der Waals surface area (Å²) in [6.07, 6.45) is 1.63. The van der Waals surface area contributed by atoms with Gasteiger partial charge < -0.3 is 5.11 Å². The van der Waals surface area contributed by atoms with Gasteiger partial charge in [-0.25, -0.2) is 4.98 Å². The molecule has 1 aliphatic heterocycles. The van der Waals surface area contributed by atoms with E-state index in [9.17, 15) is 5.11 Å². The lowest BCUT2D eigenvalue weighted by Crippen LogP contribution is -2.49. The van der Waals surface area contributed by atoms with Crippen LogP contribution in [0.15, 0.2) is 29.8 Å². The summed E-state index contributed by atoms with van der Waals surface area (Å²) >= 11 is 1.62. The van der Waals surface area contributed by atoms with Gasteiger partial charge in [-0.2, -0.15) is 0 Å². The van der Waals surface area contributed by atoms with Gasteiger partial charge in [0.05, 0.1) is 17.5 Å². The van der Waals surface area contributed by atoms with Crippen LogP contribution in [0.25, 0.3) is 10.7 Å². The average molecular weight is 247 g/mol. The molecule has 1 aliphatic rings. The second-order valence-electron chi connectivity index (χ2n) is 4.21. The van der Waals surface area contributed by atoms with Crippen molar-refractivity contribution in [2.24, 2.45) is 0 Å². The van der Waals surface area contributed by atoms with E-state index in [-0.39, 0.29) is 6.10 Å². The second kappa shape index (κ2) is 4.52. The van der Waals surface area contributed by atoms with Crippen molar-refractivity contribution in [3.63, 3.8) is 0 Å². The van der Waals surface area contributed by atoms with Crippen LogP contribution in [0.2, 0.25) is 0 Å². The highest BCUT2D eigenvalue weighted by molar-refractivity contribution is 7.13. The van der Waals surface area contributed by atoms with Crippen molar-refractivity contribution in [1.82, 2.24) is 14.9 Å². The van der Waals surface area contributed by atoms with E-state index >= 15 is 0 Å². The van der Waals surface area contributed by atoms with Gasteiger partial charge in [0.15, 0.2) is 0 Å². The summed E-state index contributed by atoms with van der Waals surface area (Å²) in [4.78, 5) is 11.0. The fourth-order valence-corrected chi connectivity index (χ4v) is 2.67. The van der Waals surface area contributed by atoms with Crippen LogP contribution >= 0.6 is 11.3 Å². The minimum atomic E-state index is -0.149. The van der Waals surface area contributed by atoms with E-state index in [2.05, 4.69) is 20.2 Å². The molecule has 1 saturated heterocycles. The molecule has 0 aliphatic carbocycles. The van der Waals surface area contributed by atoms with E-state index in [1.165, 1.54) is 0 Å². The highest BCUT2D eigenvalue weighted by Gasteiger charge is 2.24. The minimum absolute atomic E-state index is 0.149. The molecule has 0 unspecified atom stereocenters. The van der Waals surface area contributed by atoms with Crippen molar-refractivity contribution >= 4 is 11.3 Å². The molecule has 0 bridgehead atoms. The molecule has 3 heterocycles. The van der Waals surface area contributed by atoms with E-state index < -0.39 is 0 Å². The summed E-state index contributed by atoms with van der Waals surface area (Å²) < 4.78 is 0. The number of pyridine rings is 1. The number of aliphatic hydroxyl groups excluding tert-OH is 1. The Balaban J connectivity index is 1.70. The highest BCUT2D eigenvalue weighted by Crippen LogP contribution is 2.23. The molecular formula is C12H13N3OS. The third-order valence-electron chi connectivity index (χ3n) is 2.76.